The average Bonchev–Trinajstić information content (AvgIpc) is 2.44. The van der Waals surface area contributed by atoms with Gasteiger partial charge in [0.2, 0.25) is 0 Å². The Balaban J connectivity index is 2.29. The Morgan fingerprint density at radius 3 is 2.48 bits per heavy atom. The van der Waals surface area contributed by atoms with Gasteiger partial charge in [0.1, 0.15) is 6.54 Å². The van der Waals surface area contributed by atoms with Gasteiger partial charge >= 0.3 is 6.18 Å². The summed E-state index contributed by atoms with van der Waals surface area (Å²) in [7, 11) is 0. The maximum atomic E-state index is 12.5. The molecule has 0 spiro atoms. The summed E-state index contributed by atoms with van der Waals surface area (Å²) in [5, 5.41) is 8.82. The highest BCUT2D eigenvalue weighted by atomic mass is 19.4. The number of aliphatic hydroxyl groups is 1. The Hall–Kier alpha value is -2.22. The molecule has 0 saturated heterocycles. The molecule has 0 saturated carbocycles. The Morgan fingerprint density at radius 2 is 1.86 bits per heavy atom. The highest BCUT2D eigenvalue weighted by molar-refractivity contribution is 5.97. The van der Waals surface area contributed by atoms with Crippen molar-refractivity contribution in [2.75, 3.05) is 19.7 Å². The lowest BCUT2D eigenvalue weighted by atomic mass is 10.1. The van der Waals surface area contributed by atoms with Crippen LogP contribution in [0, 0.1) is 0 Å². The number of carbonyl (C=O) groups excluding carboxylic acids is 1. The van der Waals surface area contributed by atoms with E-state index in [-0.39, 0.29) is 5.56 Å². The highest BCUT2D eigenvalue weighted by Gasteiger charge is 2.33. The zero-order chi connectivity index (χ0) is 15.5. The van der Waals surface area contributed by atoms with E-state index in [0.29, 0.717) is 15.9 Å². The molecular formula is C13H12F3N3O2. The fraction of sp³-hybridized carbons (Fsp3) is 0.308. The van der Waals surface area contributed by atoms with Crippen molar-refractivity contribution in [3.63, 3.8) is 0 Å². The van der Waals surface area contributed by atoms with Crippen LogP contribution in [0.2, 0.25) is 0 Å². The van der Waals surface area contributed by atoms with Gasteiger partial charge in [-0.25, -0.2) is 0 Å². The lowest BCUT2D eigenvalue weighted by molar-refractivity contribution is -0.141. The summed E-state index contributed by atoms with van der Waals surface area (Å²) in [6.45, 7) is -2.35. The Bertz CT molecular complexity index is 646. The number of benzene rings is 1. The van der Waals surface area contributed by atoms with Crippen LogP contribution in [-0.4, -0.2) is 51.8 Å². The zero-order valence-corrected chi connectivity index (χ0v) is 10.8. The third kappa shape index (κ3) is 3.88. The summed E-state index contributed by atoms with van der Waals surface area (Å²) in [5.41, 5.74) is 1.03. The van der Waals surface area contributed by atoms with E-state index in [4.69, 9.17) is 5.11 Å². The van der Waals surface area contributed by atoms with Crippen LogP contribution >= 0.6 is 0 Å². The minimum absolute atomic E-state index is 0.0701. The van der Waals surface area contributed by atoms with Crippen LogP contribution in [0.15, 0.2) is 30.6 Å². The first-order chi connectivity index (χ1) is 9.90. The van der Waals surface area contributed by atoms with Crippen LogP contribution in [0.4, 0.5) is 13.2 Å². The molecule has 21 heavy (non-hydrogen) atoms. The van der Waals surface area contributed by atoms with Gasteiger partial charge in [-0.15, -0.1) is 0 Å². The second-order valence-electron chi connectivity index (χ2n) is 4.33. The molecule has 0 aliphatic carbocycles. The van der Waals surface area contributed by atoms with E-state index in [9.17, 15) is 18.0 Å². The first-order valence-electron chi connectivity index (χ1n) is 6.08. The monoisotopic (exact) mass is 299 g/mol. The molecule has 0 aliphatic heterocycles. The largest absolute Gasteiger partial charge is 0.406 e. The summed E-state index contributed by atoms with van der Waals surface area (Å²) in [5.74, 6) is -0.811. The maximum Gasteiger partial charge on any atom is 0.406 e. The van der Waals surface area contributed by atoms with Crippen LogP contribution in [0.1, 0.15) is 10.4 Å². The van der Waals surface area contributed by atoms with Crippen LogP contribution < -0.4 is 0 Å². The third-order valence-corrected chi connectivity index (χ3v) is 2.74. The average molecular weight is 299 g/mol. The molecule has 0 radical (unpaired) electrons. The molecular weight excluding hydrogens is 287 g/mol. The van der Waals surface area contributed by atoms with Crippen LogP contribution in [0.25, 0.3) is 11.0 Å². The third-order valence-electron chi connectivity index (χ3n) is 2.74. The number of carbonyl (C=O) groups is 1. The second-order valence-corrected chi connectivity index (χ2v) is 4.33. The Labute approximate surface area is 118 Å². The van der Waals surface area contributed by atoms with E-state index < -0.39 is 31.8 Å². The van der Waals surface area contributed by atoms with Gasteiger partial charge in [0, 0.05) is 24.5 Å². The topological polar surface area (TPSA) is 66.3 Å². The van der Waals surface area contributed by atoms with Crippen molar-refractivity contribution < 1.29 is 23.1 Å². The minimum atomic E-state index is -4.53. The first-order valence-corrected chi connectivity index (χ1v) is 6.08. The molecule has 0 unspecified atom stereocenters. The lowest BCUT2D eigenvalue weighted by Gasteiger charge is -2.23. The van der Waals surface area contributed by atoms with Crippen LogP contribution in [-0.2, 0) is 0 Å². The van der Waals surface area contributed by atoms with Crippen molar-refractivity contribution in [1.82, 2.24) is 14.9 Å². The number of aromatic nitrogens is 2. The predicted molar refractivity (Wildman–Crippen MR) is 68.6 cm³/mol. The van der Waals surface area contributed by atoms with Gasteiger partial charge in [-0.3, -0.25) is 14.8 Å². The molecule has 0 bridgehead atoms. The van der Waals surface area contributed by atoms with Crippen molar-refractivity contribution in [3.8, 4) is 0 Å². The standard InChI is InChI=1S/C13H12F3N3O2/c14-13(15,16)8-19(5-6-20)12(21)9-1-2-10-11(7-9)18-4-3-17-10/h1-4,7,20H,5-6,8H2. The molecule has 2 aromatic rings. The van der Waals surface area contributed by atoms with Crippen molar-refractivity contribution in [3.05, 3.63) is 36.2 Å². The number of hydrogen-bond donors (Lipinski definition) is 1. The number of amides is 1. The molecule has 0 aliphatic rings. The van der Waals surface area contributed by atoms with Crippen molar-refractivity contribution in [1.29, 1.82) is 0 Å². The van der Waals surface area contributed by atoms with Crippen LogP contribution in [0.5, 0.6) is 0 Å². The highest BCUT2D eigenvalue weighted by Crippen LogP contribution is 2.19. The number of rotatable bonds is 4. The summed E-state index contributed by atoms with van der Waals surface area (Å²) in [6, 6.07) is 4.28. The second kappa shape index (κ2) is 6.04. The Morgan fingerprint density at radius 1 is 1.19 bits per heavy atom. The maximum absolute atomic E-state index is 12.5. The number of halogens is 3. The number of nitrogens with zero attached hydrogens (tertiary/aromatic N) is 3. The fourth-order valence-corrected chi connectivity index (χ4v) is 1.87. The molecule has 112 valence electrons. The van der Waals surface area contributed by atoms with Gasteiger partial charge < -0.3 is 10.0 Å². The van der Waals surface area contributed by atoms with Crippen molar-refractivity contribution in [2.45, 2.75) is 6.18 Å². The van der Waals surface area contributed by atoms with Gasteiger partial charge in [-0.1, -0.05) is 0 Å². The Kier molecular flexibility index (Phi) is 4.37. The van der Waals surface area contributed by atoms with Gasteiger partial charge in [-0.2, -0.15) is 13.2 Å². The summed E-state index contributed by atoms with van der Waals surface area (Å²) >= 11 is 0. The van der Waals surface area contributed by atoms with E-state index in [1.165, 1.54) is 30.6 Å². The first kappa shape index (κ1) is 15.2. The van der Waals surface area contributed by atoms with E-state index in [1.807, 2.05) is 0 Å². The zero-order valence-electron chi connectivity index (χ0n) is 10.8. The van der Waals surface area contributed by atoms with Gasteiger partial charge in [0.05, 0.1) is 17.6 Å². The predicted octanol–water partition coefficient (Wildman–Crippen LogP) is 1.63. The SMILES string of the molecule is O=C(c1ccc2nccnc2c1)N(CCO)CC(F)(F)F. The van der Waals surface area contributed by atoms with E-state index in [2.05, 4.69) is 9.97 Å². The molecule has 1 heterocycles. The molecule has 0 atom stereocenters. The van der Waals surface area contributed by atoms with Crippen molar-refractivity contribution >= 4 is 16.9 Å². The van der Waals surface area contributed by atoms with Gasteiger partial charge in [-0.05, 0) is 18.2 Å². The lowest BCUT2D eigenvalue weighted by Crippen LogP contribution is -2.40. The minimum Gasteiger partial charge on any atom is -0.395 e. The van der Waals surface area contributed by atoms with E-state index in [1.54, 1.807) is 0 Å². The number of hydrogen-bond acceptors (Lipinski definition) is 4. The summed E-state index contributed by atoms with van der Waals surface area (Å²) in [4.78, 5) is 20.7. The van der Waals surface area contributed by atoms with E-state index >= 15 is 0 Å². The quantitative estimate of drug-likeness (QED) is 0.932. The van der Waals surface area contributed by atoms with Gasteiger partial charge in [0.15, 0.2) is 0 Å². The number of alkyl halides is 3. The smallest absolute Gasteiger partial charge is 0.395 e. The molecule has 5 nitrogen and oxygen atoms in total. The number of aliphatic hydroxyl groups excluding tert-OH is 1. The van der Waals surface area contributed by atoms with Crippen molar-refractivity contribution in [2.24, 2.45) is 0 Å². The summed E-state index contributed by atoms with van der Waals surface area (Å²) < 4.78 is 37.4. The molecule has 8 heteroatoms. The number of fused-ring (bicyclic) bond motifs is 1. The summed E-state index contributed by atoms with van der Waals surface area (Å²) in [6.07, 6.45) is -1.62. The fourth-order valence-electron chi connectivity index (χ4n) is 1.87. The van der Waals surface area contributed by atoms with Crippen LogP contribution in [0.3, 0.4) is 0 Å². The molecule has 1 N–H and O–H groups in total. The normalized spacial score (nSPS) is 11.6. The van der Waals surface area contributed by atoms with E-state index in [0.717, 1.165) is 0 Å². The molecule has 0 fully saturated rings. The molecule has 1 aromatic heterocycles. The van der Waals surface area contributed by atoms with Gasteiger partial charge in [0.25, 0.3) is 5.91 Å². The molecule has 2 rings (SSSR count). The molecule has 1 amide bonds. The molecule has 1 aromatic carbocycles.